The van der Waals surface area contributed by atoms with Crippen LogP contribution in [0.3, 0.4) is 0 Å². The fourth-order valence-electron chi connectivity index (χ4n) is 3.60. The summed E-state index contributed by atoms with van der Waals surface area (Å²) in [5, 5.41) is 10.9. The molecule has 0 atom stereocenters. The molecule has 0 radical (unpaired) electrons. The van der Waals surface area contributed by atoms with Crippen LogP contribution in [0.5, 0.6) is 0 Å². The zero-order chi connectivity index (χ0) is 20.8. The number of anilines is 1. The highest BCUT2D eigenvalue weighted by molar-refractivity contribution is 7.22. The van der Waals surface area contributed by atoms with Gasteiger partial charge < -0.3 is 0 Å². The summed E-state index contributed by atoms with van der Waals surface area (Å²) in [7, 11) is 0. The van der Waals surface area contributed by atoms with Crippen LogP contribution < -0.4 is 10.9 Å². The third-order valence-corrected chi connectivity index (χ3v) is 5.97. The van der Waals surface area contributed by atoms with E-state index < -0.39 is 0 Å². The Balaban J connectivity index is 1.60. The Labute approximate surface area is 175 Å². The summed E-state index contributed by atoms with van der Waals surface area (Å²) in [5.74, 6) is -0.385. The first-order valence-corrected chi connectivity index (χ1v) is 10.5. The minimum absolute atomic E-state index is 0.164. The van der Waals surface area contributed by atoms with Gasteiger partial charge in [-0.2, -0.15) is 5.10 Å². The van der Waals surface area contributed by atoms with Gasteiger partial charge in [0.1, 0.15) is 0 Å². The van der Waals surface area contributed by atoms with Crippen molar-refractivity contribution in [2.45, 2.75) is 19.9 Å². The standard InChI is InChI=1S/C23H18N4O2S/c1-13(2)27-22(29)17-10-6-5-9-16(17)20(26-27)21(28)25-23-24-19-15-8-4-3-7-14(15)11-12-18(19)30-23/h3-13H,1-2H3,(H,24,25,28). The fraction of sp³-hybridized carbons (Fsp3) is 0.130. The number of fused-ring (bicyclic) bond motifs is 4. The molecule has 30 heavy (non-hydrogen) atoms. The van der Waals surface area contributed by atoms with Crippen LogP contribution in [-0.4, -0.2) is 20.7 Å². The highest BCUT2D eigenvalue weighted by Gasteiger charge is 2.19. The van der Waals surface area contributed by atoms with Crippen molar-refractivity contribution in [3.05, 3.63) is 76.7 Å². The van der Waals surface area contributed by atoms with E-state index in [1.807, 2.05) is 44.2 Å². The number of carbonyl (C=O) groups is 1. The van der Waals surface area contributed by atoms with E-state index in [0.29, 0.717) is 15.9 Å². The topological polar surface area (TPSA) is 76.9 Å². The Bertz CT molecular complexity index is 1500. The van der Waals surface area contributed by atoms with E-state index in [4.69, 9.17) is 0 Å². The van der Waals surface area contributed by atoms with Gasteiger partial charge in [0.15, 0.2) is 10.8 Å². The highest BCUT2D eigenvalue weighted by atomic mass is 32.1. The molecule has 1 amide bonds. The van der Waals surface area contributed by atoms with E-state index in [-0.39, 0.29) is 23.2 Å². The van der Waals surface area contributed by atoms with Gasteiger partial charge >= 0.3 is 0 Å². The first-order valence-electron chi connectivity index (χ1n) is 9.64. The van der Waals surface area contributed by atoms with Crippen molar-refractivity contribution >= 4 is 54.1 Å². The molecule has 0 saturated heterocycles. The molecule has 0 bridgehead atoms. The van der Waals surface area contributed by atoms with Gasteiger partial charge in [0.05, 0.1) is 21.6 Å². The summed E-state index contributed by atoms with van der Waals surface area (Å²) in [6.45, 7) is 3.73. The quantitative estimate of drug-likeness (QED) is 0.451. The molecule has 0 fully saturated rings. The van der Waals surface area contributed by atoms with Gasteiger partial charge in [-0.15, -0.1) is 0 Å². The van der Waals surface area contributed by atoms with Crippen LogP contribution in [0.25, 0.3) is 31.8 Å². The first kappa shape index (κ1) is 18.4. The summed E-state index contributed by atoms with van der Waals surface area (Å²) < 4.78 is 2.34. The zero-order valence-corrected chi connectivity index (χ0v) is 17.2. The molecule has 6 nitrogen and oxygen atoms in total. The first-order chi connectivity index (χ1) is 14.5. The molecule has 5 rings (SSSR count). The Morgan fingerprint density at radius 1 is 0.967 bits per heavy atom. The van der Waals surface area contributed by atoms with Gasteiger partial charge in [0.25, 0.3) is 11.5 Å². The van der Waals surface area contributed by atoms with Gasteiger partial charge in [-0.05, 0) is 31.4 Å². The molecule has 0 aliphatic rings. The van der Waals surface area contributed by atoms with E-state index in [9.17, 15) is 9.59 Å². The lowest BCUT2D eigenvalue weighted by molar-refractivity contribution is 0.102. The minimum atomic E-state index is -0.385. The lowest BCUT2D eigenvalue weighted by Crippen LogP contribution is -2.28. The number of carbonyl (C=O) groups excluding carboxylic acids is 1. The van der Waals surface area contributed by atoms with Crippen molar-refractivity contribution in [3.63, 3.8) is 0 Å². The number of nitrogens with one attached hydrogen (secondary N) is 1. The lowest BCUT2D eigenvalue weighted by atomic mass is 10.1. The Hall–Kier alpha value is -3.58. The van der Waals surface area contributed by atoms with Crippen molar-refractivity contribution in [3.8, 4) is 0 Å². The summed E-state index contributed by atoms with van der Waals surface area (Å²) in [5.41, 5.74) is 0.866. The van der Waals surface area contributed by atoms with Crippen molar-refractivity contribution in [1.29, 1.82) is 0 Å². The van der Waals surface area contributed by atoms with Crippen LogP contribution in [0.2, 0.25) is 0 Å². The van der Waals surface area contributed by atoms with Crippen molar-refractivity contribution in [2.24, 2.45) is 0 Å². The smallest absolute Gasteiger partial charge is 0.278 e. The van der Waals surface area contributed by atoms with Gasteiger partial charge in [-0.3, -0.25) is 14.9 Å². The van der Waals surface area contributed by atoms with E-state index in [2.05, 4.69) is 21.5 Å². The number of rotatable bonds is 3. The number of nitrogens with zero attached hydrogens (tertiary/aromatic N) is 3. The molecule has 3 aromatic carbocycles. The molecular formula is C23H18N4O2S. The van der Waals surface area contributed by atoms with Crippen LogP contribution in [0.15, 0.2) is 65.5 Å². The maximum atomic E-state index is 13.1. The summed E-state index contributed by atoms with van der Waals surface area (Å²) in [6.07, 6.45) is 0. The van der Waals surface area contributed by atoms with Crippen LogP contribution in [0, 0.1) is 0 Å². The molecule has 0 aliphatic heterocycles. The summed E-state index contributed by atoms with van der Waals surface area (Å²) in [4.78, 5) is 30.5. The van der Waals surface area contributed by atoms with Crippen molar-refractivity contribution < 1.29 is 4.79 Å². The normalized spacial score (nSPS) is 11.6. The number of benzene rings is 3. The largest absolute Gasteiger partial charge is 0.296 e. The Morgan fingerprint density at radius 2 is 1.67 bits per heavy atom. The number of hydrogen-bond acceptors (Lipinski definition) is 5. The second-order valence-electron chi connectivity index (χ2n) is 7.34. The molecule has 2 heterocycles. The van der Waals surface area contributed by atoms with Crippen LogP contribution in [0.4, 0.5) is 5.13 Å². The van der Waals surface area contributed by atoms with Crippen LogP contribution in [-0.2, 0) is 0 Å². The third kappa shape index (κ3) is 2.95. The average Bonchev–Trinajstić information content (AvgIpc) is 3.17. The van der Waals surface area contributed by atoms with Crippen LogP contribution in [0.1, 0.15) is 30.4 Å². The summed E-state index contributed by atoms with van der Waals surface area (Å²) in [6, 6.07) is 19.0. The molecule has 0 unspecified atom stereocenters. The van der Waals surface area contributed by atoms with E-state index in [0.717, 1.165) is 21.0 Å². The number of hydrogen-bond donors (Lipinski definition) is 1. The molecule has 7 heteroatoms. The van der Waals surface area contributed by atoms with Crippen molar-refractivity contribution in [1.82, 2.24) is 14.8 Å². The molecule has 148 valence electrons. The molecule has 0 spiro atoms. The lowest BCUT2D eigenvalue weighted by Gasteiger charge is -2.12. The van der Waals surface area contributed by atoms with Gasteiger partial charge in [-0.25, -0.2) is 9.67 Å². The fourth-order valence-corrected chi connectivity index (χ4v) is 4.47. The summed E-state index contributed by atoms with van der Waals surface area (Å²) >= 11 is 1.41. The number of thiazole rings is 1. The molecule has 1 N–H and O–H groups in total. The van der Waals surface area contributed by atoms with Crippen LogP contribution >= 0.6 is 11.3 Å². The molecular weight excluding hydrogens is 396 g/mol. The van der Waals surface area contributed by atoms with Crippen molar-refractivity contribution in [2.75, 3.05) is 5.32 Å². The number of amides is 1. The zero-order valence-electron chi connectivity index (χ0n) is 16.4. The second kappa shape index (κ2) is 7.03. The predicted octanol–water partition coefficient (Wildman–Crippen LogP) is 4.99. The van der Waals surface area contributed by atoms with Gasteiger partial charge in [0, 0.05) is 10.8 Å². The SMILES string of the molecule is CC(C)n1nc(C(=O)Nc2nc3c(ccc4ccccc43)s2)c2ccccc2c1=O. The second-order valence-corrected chi connectivity index (χ2v) is 8.37. The monoisotopic (exact) mass is 414 g/mol. The molecule has 5 aromatic rings. The Kier molecular flexibility index (Phi) is 4.33. The molecule has 0 aliphatic carbocycles. The minimum Gasteiger partial charge on any atom is -0.296 e. The predicted molar refractivity (Wildman–Crippen MR) is 121 cm³/mol. The van der Waals surface area contributed by atoms with Gasteiger partial charge in [-0.1, -0.05) is 59.9 Å². The molecule has 0 saturated carbocycles. The van der Waals surface area contributed by atoms with E-state index >= 15 is 0 Å². The van der Waals surface area contributed by atoms with E-state index in [1.165, 1.54) is 16.0 Å². The Morgan fingerprint density at radius 3 is 2.43 bits per heavy atom. The maximum absolute atomic E-state index is 13.1. The van der Waals surface area contributed by atoms with E-state index in [1.54, 1.807) is 24.3 Å². The average molecular weight is 414 g/mol. The van der Waals surface area contributed by atoms with Gasteiger partial charge in [0.2, 0.25) is 0 Å². The maximum Gasteiger partial charge on any atom is 0.278 e. The highest BCUT2D eigenvalue weighted by Crippen LogP contribution is 2.32. The molecule has 2 aromatic heterocycles. The third-order valence-electron chi connectivity index (χ3n) is 5.04. The number of aromatic nitrogens is 3.